The number of ether oxygens (including phenoxy) is 3. The van der Waals surface area contributed by atoms with Crippen LogP contribution in [0.4, 0.5) is 0 Å². The molecule has 0 heterocycles. The molecule has 0 bridgehead atoms. The summed E-state index contributed by atoms with van der Waals surface area (Å²) in [5.41, 5.74) is 3.06. The average Bonchev–Trinajstić information content (AvgIpc) is 2.53. The lowest BCUT2D eigenvalue weighted by Gasteiger charge is -2.22. The molecule has 0 fully saturated rings. The summed E-state index contributed by atoms with van der Waals surface area (Å²) in [5.74, 6) is 1.76. The van der Waals surface area contributed by atoms with E-state index in [0.29, 0.717) is 22.3 Å². The van der Waals surface area contributed by atoms with Crippen molar-refractivity contribution in [3.05, 3.63) is 59.0 Å². The van der Waals surface area contributed by atoms with Gasteiger partial charge in [-0.3, -0.25) is 0 Å². The monoisotopic (exact) mass is 319 g/mol. The van der Waals surface area contributed by atoms with Gasteiger partial charge in [0.25, 0.3) is 0 Å². The third-order valence-electron chi connectivity index (χ3n) is 3.70. The van der Waals surface area contributed by atoms with Crippen LogP contribution in [0.3, 0.4) is 0 Å². The topological polar surface area (TPSA) is 27.7 Å². The highest BCUT2D eigenvalue weighted by atomic mass is 35.5. The lowest BCUT2D eigenvalue weighted by Crippen LogP contribution is -2.05. The first-order valence-corrected chi connectivity index (χ1v) is 7.29. The molecule has 1 unspecified atom stereocenters. The number of halogens is 1. The van der Waals surface area contributed by atoms with Crippen LogP contribution in [-0.4, -0.2) is 21.3 Å². The van der Waals surface area contributed by atoms with E-state index in [1.807, 2.05) is 37.3 Å². The Bertz CT molecular complexity index is 650. The summed E-state index contributed by atoms with van der Waals surface area (Å²) >= 11 is 5.96. The van der Waals surface area contributed by atoms with Crippen molar-refractivity contribution in [2.45, 2.75) is 12.8 Å². The summed E-state index contributed by atoms with van der Waals surface area (Å²) in [5, 5.41) is 0.701. The van der Waals surface area contributed by atoms with Crippen LogP contribution in [0, 0.1) is 13.8 Å². The molecular formula is C18H20ClO3. The highest BCUT2D eigenvalue weighted by molar-refractivity contribution is 6.30. The number of benzene rings is 2. The van der Waals surface area contributed by atoms with Crippen LogP contribution in [0.25, 0.3) is 0 Å². The maximum Gasteiger partial charge on any atom is 0.203 e. The van der Waals surface area contributed by atoms with Crippen LogP contribution in [0.2, 0.25) is 5.02 Å². The standard InChI is InChI=1S/C18H20ClO3/c1-11-10-15(20-3)17(21-4)18(22-5)16(11)12(2)13-6-8-14(19)9-7-13/h6-10,12H,2H2,1,3-5H3. The molecule has 2 rings (SSSR count). The van der Waals surface area contributed by atoms with Crippen LogP contribution in [0.5, 0.6) is 17.2 Å². The number of hydrogen-bond acceptors (Lipinski definition) is 3. The van der Waals surface area contributed by atoms with Gasteiger partial charge in [0.05, 0.1) is 21.3 Å². The van der Waals surface area contributed by atoms with Crippen molar-refractivity contribution < 1.29 is 14.2 Å². The van der Waals surface area contributed by atoms with E-state index in [-0.39, 0.29) is 5.92 Å². The molecule has 1 atom stereocenters. The molecule has 0 saturated heterocycles. The fourth-order valence-corrected chi connectivity index (χ4v) is 2.72. The molecule has 3 nitrogen and oxygen atoms in total. The minimum absolute atomic E-state index is 0.105. The summed E-state index contributed by atoms with van der Waals surface area (Å²) in [4.78, 5) is 0. The zero-order valence-corrected chi connectivity index (χ0v) is 14.0. The second-order valence-electron chi connectivity index (χ2n) is 4.98. The third-order valence-corrected chi connectivity index (χ3v) is 3.95. The molecule has 0 amide bonds. The molecule has 2 aromatic carbocycles. The van der Waals surface area contributed by atoms with Crippen molar-refractivity contribution >= 4 is 11.6 Å². The maximum atomic E-state index is 5.96. The van der Waals surface area contributed by atoms with Gasteiger partial charge in [-0.15, -0.1) is 0 Å². The lowest BCUT2D eigenvalue weighted by atomic mass is 9.88. The molecule has 0 N–H and O–H groups in total. The van der Waals surface area contributed by atoms with Crippen molar-refractivity contribution in [3.8, 4) is 17.2 Å². The zero-order valence-electron chi connectivity index (χ0n) is 13.3. The molecule has 1 radical (unpaired) electrons. The van der Waals surface area contributed by atoms with E-state index in [1.165, 1.54) is 0 Å². The Morgan fingerprint density at radius 3 is 2.05 bits per heavy atom. The minimum Gasteiger partial charge on any atom is -0.493 e. The summed E-state index contributed by atoms with van der Waals surface area (Å²) in [6, 6.07) is 9.59. The van der Waals surface area contributed by atoms with Gasteiger partial charge in [-0.05, 0) is 43.2 Å². The van der Waals surface area contributed by atoms with E-state index in [4.69, 9.17) is 25.8 Å². The number of hydrogen-bond donors (Lipinski definition) is 0. The van der Waals surface area contributed by atoms with Crippen molar-refractivity contribution in [2.24, 2.45) is 0 Å². The van der Waals surface area contributed by atoms with Gasteiger partial charge in [0.1, 0.15) is 0 Å². The predicted molar refractivity (Wildman–Crippen MR) is 89.5 cm³/mol. The summed E-state index contributed by atoms with van der Waals surface area (Å²) in [7, 11) is 4.83. The fourth-order valence-electron chi connectivity index (χ4n) is 2.60. The highest BCUT2D eigenvalue weighted by Gasteiger charge is 2.23. The fraction of sp³-hybridized carbons (Fsp3) is 0.278. The van der Waals surface area contributed by atoms with Crippen LogP contribution in [0.15, 0.2) is 30.3 Å². The first kappa shape index (κ1) is 16.5. The van der Waals surface area contributed by atoms with Crippen molar-refractivity contribution in [1.29, 1.82) is 0 Å². The second-order valence-corrected chi connectivity index (χ2v) is 5.42. The van der Waals surface area contributed by atoms with Crippen LogP contribution < -0.4 is 14.2 Å². The Balaban J connectivity index is 2.60. The van der Waals surface area contributed by atoms with Crippen LogP contribution >= 0.6 is 11.6 Å². The van der Waals surface area contributed by atoms with Gasteiger partial charge in [-0.1, -0.05) is 23.7 Å². The largest absolute Gasteiger partial charge is 0.493 e. The summed E-state index contributed by atoms with van der Waals surface area (Å²) in [6.07, 6.45) is 0. The molecule has 0 aromatic heterocycles. The second kappa shape index (κ2) is 6.93. The Labute approximate surface area is 136 Å². The van der Waals surface area contributed by atoms with Crippen molar-refractivity contribution in [2.75, 3.05) is 21.3 Å². The Morgan fingerprint density at radius 1 is 0.955 bits per heavy atom. The number of aryl methyl sites for hydroxylation is 1. The molecule has 0 aliphatic carbocycles. The molecule has 0 aliphatic rings. The van der Waals surface area contributed by atoms with Gasteiger partial charge < -0.3 is 14.2 Å². The average molecular weight is 320 g/mol. The van der Waals surface area contributed by atoms with E-state index < -0.39 is 0 Å². The van der Waals surface area contributed by atoms with Crippen LogP contribution in [0.1, 0.15) is 22.6 Å². The van der Waals surface area contributed by atoms with Gasteiger partial charge in [0, 0.05) is 16.5 Å². The Hall–Kier alpha value is -1.87. The SMILES string of the molecule is [CH2]C(c1ccc(Cl)cc1)c1c(C)cc(OC)c(OC)c1OC. The first-order valence-electron chi connectivity index (χ1n) is 6.91. The van der Waals surface area contributed by atoms with E-state index >= 15 is 0 Å². The quantitative estimate of drug-likeness (QED) is 0.803. The summed E-state index contributed by atoms with van der Waals surface area (Å²) < 4.78 is 16.4. The number of methoxy groups -OCH3 is 3. The molecular weight excluding hydrogens is 300 g/mol. The molecule has 22 heavy (non-hydrogen) atoms. The maximum absolute atomic E-state index is 5.96. The first-order chi connectivity index (χ1) is 10.5. The molecule has 0 aliphatic heterocycles. The molecule has 4 heteroatoms. The van der Waals surface area contributed by atoms with Gasteiger partial charge in [0.2, 0.25) is 5.75 Å². The lowest BCUT2D eigenvalue weighted by molar-refractivity contribution is 0.321. The molecule has 0 spiro atoms. The van der Waals surface area contributed by atoms with Crippen LogP contribution in [-0.2, 0) is 0 Å². The number of rotatable bonds is 5. The third kappa shape index (κ3) is 3.00. The minimum atomic E-state index is -0.105. The molecule has 0 saturated carbocycles. The van der Waals surface area contributed by atoms with Crippen molar-refractivity contribution in [1.82, 2.24) is 0 Å². The normalized spacial score (nSPS) is 11.9. The summed E-state index contributed by atoms with van der Waals surface area (Å²) in [6.45, 7) is 6.30. The van der Waals surface area contributed by atoms with E-state index in [2.05, 4.69) is 6.92 Å². The molecule has 2 aromatic rings. The van der Waals surface area contributed by atoms with E-state index in [0.717, 1.165) is 16.7 Å². The Morgan fingerprint density at radius 2 is 1.55 bits per heavy atom. The van der Waals surface area contributed by atoms with Gasteiger partial charge in [-0.25, -0.2) is 0 Å². The highest BCUT2D eigenvalue weighted by Crippen LogP contribution is 2.46. The molecule has 117 valence electrons. The van der Waals surface area contributed by atoms with Gasteiger partial charge in [-0.2, -0.15) is 0 Å². The van der Waals surface area contributed by atoms with E-state index in [9.17, 15) is 0 Å². The predicted octanol–water partition coefficient (Wildman–Crippen LogP) is 4.64. The van der Waals surface area contributed by atoms with E-state index in [1.54, 1.807) is 21.3 Å². The zero-order chi connectivity index (χ0) is 16.3. The van der Waals surface area contributed by atoms with Gasteiger partial charge in [0.15, 0.2) is 11.5 Å². The smallest absolute Gasteiger partial charge is 0.203 e. The van der Waals surface area contributed by atoms with Crippen molar-refractivity contribution in [3.63, 3.8) is 0 Å². The Kier molecular flexibility index (Phi) is 5.19. The van der Waals surface area contributed by atoms with Gasteiger partial charge >= 0.3 is 0 Å².